The lowest BCUT2D eigenvalue weighted by Crippen LogP contribution is -2.40. The molecular weight excluding hydrogens is 265 g/mol. The Kier molecular flexibility index (Phi) is 4.94. The number of benzene rings is 1. The molecule has 3 heteroatoms. The molecule has 0 bridgehead atoms. The smallest absolute Gasteiger partial charge is 0.0637 e. The Morgan fingerprint density at radius 3 is 2.78 bits per heavy atom. The minimum absolute atomic E-state index is 0.601. The standard InChI is InChI=1S/C15H21Cl2N/c1-10-5-3-8-14(11(10)2)18-9-12-6-4-7-13(16)15(12)17/h4,6-7,10-11,14,18H,3,5,8-9H2,1-2H3. The highest BCUT2D eigenvalue weighted by Gasteiger charge is 2.26. The van der Waals surface area contributed by atoms with Gasteiger partial charge in [-0.15, -0.1) is 0 Å². The van der Waals surface area contributed by atoms with Gasteiger partial charge in [0, 0.05) is 12.6 Å². The first-order valence-corrected chi connectivity index (χ1v) is 7.51. The van der Waals surface area contributed by atoms with Crippen LogP contribution in [0.3, 0.4) is 0 Å². The van der Waals surface area contributed by atoms with E-state index in [2.05, 4.69) is 19.2 Å². The van der Waals surface area contributed by atoms with Crippen LogP contribution in [0.5, 0.6) is 0 Å². The highest BCUT2D eigenvalue weighted by Crippen LogP contribution is 2.30. The van der Waals surface area contributed by atoms with Crippen LogP contribution < -0.4 is 5.32 Å². The van der Waals surface area contributed by atoms with Crippen LogP contribution in [0.1, 0.15) is 38.7 Å². The molecule has 0 aromatic heterocycles. The summed E-state index contributed by atoms with van der Waals surface area (Å²) in [6.45, 7) is 5.51. The van der Waals surface area contributed by atoms with Crippen LogP contribution in [0.4, 0.5) is 0 Å². The minimum Gasteiger partial charge on any atom is -0.310 e. The minimum atomic E-state index is 0.601. The van der Waals surface area contributed by atoms with Gasteiger partial charge in [-0.2, -0.15) is 0 Å². The molecule has 2 rings (SSSR count). The molecule has 1 aliphatic rings. The van der Waals surface area contributed by atoms with Crippen molar-refractivity contribution in [3.63, 3.8) is 0 Å². The van der Waals surface area contributed by atoms with Crippen LogP contribution in [0.2, 0.25) is 10.0 Å². The van der Waals surface area contributed by atoms with E-state index in [4.69, 9.17) is 23.2 Å². The predicted octanol–water partition coefficient (Wildman–Crippen LogP) is 4.91. The SMILES string of the molecule is CC1CCCC(NCc2cccc(Cl)c2Cl)C1C. The van der Waals surface area contributed by atoms with Crippen molar-refractivity contribution in [2.45, 2.75) is 45.7 Å². The maximum absolute atomic E-state index is 6.20. The van der Waals surface area contributed by atoms with Crippen molar-refractivity contribution in [2.75, 3.05) is 0 Å². The van der Waals surface area contributed by atoms with Gasteiger partial charge in [0.25, 0.3) is 0 Å². The van der Waals surface area contributed by atoms with E-state index in [-0.39, 0.29) is 0 Å². The highest BCUT2D eigenvalue weighted by molar-refractivity contribution is 6.42. The number of halogens is 2. The maximum Gasteiger partial charge on any atom is 0.0637 e. The van der Waals surface area contributed by atoms with Gasteiger partial charge >= 0.3 is 0 Å². The summed E-state index contributed by atoms with van der Waals surface area (Å²) in [4.78, 5) is 0. The molecule has 0 heterocycles. The Balaban J connectivity index is 1.97. The third kappa shape index (κ3) is 3.20. The topological polar surface area (TPSA) is 12.0 Å². The van der Waals surface area contributed by atoms with E-state index in [0.717, 1.165) is 23.9 Å². The zero-order chi connectivity index (χ0) is 13.1. The molecule has 0 saturated heterocycles. The largest absolute Gasteiger partial charge is 0.310 e. The van der Waals surface area contributed by atoms with Crippen molar-refractivity contribution < 1.29 is 0 Å². The second-order valence-corrected chi connectivity index (χ2v) is 6.25. The van der Waals surface area contributed by atoms with Crippen LogP contribution in [0.15, 0.2) is 18.2 Å². The van der Waals surface area contributed by atoms with Gasteiger partial charge in [-0.05, 0) is 29.9 Å². The normalized spacial score (nSPS) is 28.3. The molecule has 1 fully saturated rings. The molecule has 1 aromatic rings. The lowest BCUT2D eigenvalue weighted by Gasteiger charge is -2.35. The Morgan fingerprint density at radius 1 is 1.22 bits per heavy atom. The maximum atomic E-state index is 6.20. The molecule has 1 aliphatic carbocycles. The van der Waals surface area contributed by atoms with Gasteiger partial charge in [-0.25, -0.2) is 0 Å². The Bertz CT molecular complexity index is 405. The molecule has 1 aromatic carbocycles. The number of nitrogens with one attached hydrogen (secondary N) is 1. The predicted molar refractivity (Wildman–Crippen MR) is 79.3 cm³/mol. The first kappa shape index (κ1) is 14.2. The monoisotopic (exact) mass is 285 g/mol. The van der Waals surface area contributed by atoms with Crippen molar-refractivity contribution in [1.29, 1.82) is 0 Å². The van der Waals surface area contributed by atoms with Gasteiger partial charge in [0.2, 0.25) is 0 Å². The third-order valence-electron chi connectivity index (χ3n) is 4.29. The van der Waals surface area contributed by atoms with Crippen molar-refractivity contribution in [1.82, 2.24) is 5.32 Å². The lowest BCUT2D eigenvalue weighted by atomic mass is 9.78. The Labute approximate surface area is 120 Å². The summed E-state index contributed by atoms with van der Waals surface area (Å²) in [7, 11) is 0. The molecule has 0 spiro atoms. The summed E-state index contributed by atoms with van der Waals surface area (Å²) in [5.41, 5.74) is 1.09. The zero-order valence-corrected chi connectivity index (χ0v) is 12.6. The van der Waals surface area contributed by atoms with E-state index in [1.807, 2.05) is 18.2 Å². The molecule has 0 amide bonds. The van der Waals surface area contributed by atoms with Gasteiger partial charge in [-0.1, -0.05) is 62.0 Å². The van der Waals surface area contributed by atoms with Crippen LogP contribution in [-0.2, 0) is 6.54 Å². The average molecular weight is 286 g/mol. The molecule has 3 atom stereocenters. The summed E-state index contributed by atoms with van der Waals surface area (Å²) in [6, 6.07) is 6.43. The fourth-order valence-electron chi connectivity index (χ4n) is 2.80. The molecule has 3 unspecified atom stereocenters. The van der Waals surface area contributed by atoms with Crippen molar-refractivity contribution in [3.05, 3.63) is 33.8 Å². The molecule has 100 valence electrons. The number of rotatable bonds is 3. The van der Waals surface area contributed by atoms with Crippen molar-refractivity contribution >= 4 is 23.2 Å². The fourth-order valence-corrected chi connectivity index (χ4v) is 3.18. The van der Waals surface area contributed by atoms with E-state index < -0.39 is 0 Å². The summed E-state index contributed by atoms with van der Waals surface area (Å²) in [6.07, 6.45) is 3.95. The van der Waals surface area contributed by atoms with Crippen LogP contribution in [-0.4, -0.2) is 6.04 Å². The molecule has 0 aliphatic heterocycles. The van der Waals surface area contributed by atoms with Gasteiger partial charge in [0.1, 0.15) is 0 Å². The summed E-state index contributed by atoms with van der Waals surface area (Å²) < 4.78 is 0. The second-order valence-electron chi connectivity index (χ2n) is 5.47. The number of hydrogen-bond acceptors (Lipinski definition) is 1. The van der Waals surface area contributed by atoms with Crippen molar-refractivity contribution in [3.8, 4) is 0 Å². The van der Waals surface area contributed by atoms with Crippen LogP contribution in [0, 0.1) is 11.8 Å². The summed E-state index contributed by atoms with van der Waals surface area (Å²) in [5.74, 6) is 1.54. The van der Waals surface area contributed by atoms with E-state index in [9.17, 15) is 0 Å². The molecular formula is C15H21Cl2N. The Hall–Kier alpha value is -0.240. The second kappa shape index (κ2) is 6.27. The van der Waals surface area contributed by atoms with Gasteiger partial charge < -0.3 is 5.32 Å². The quantitative estimate of drug-likeness (QED) is 0.832. The van der Waals surface area contributed by atoms with Gasteiger partial charge in [-0.3, -0.25) is 0 Å². The number of hydrogen-bond donors (Lipinski definition) is 1. The summed E-state index contributed by atoms with van der Waals surface area (Å²) >= 11 is 12.2. The zero-order valence-electron chi connectivity index (χ0n) is 11.0. The molecule has 1 nitrogen and oxygen atoms in total. The lowest BCUT2D eigenvalue weighted by molar-refractivity contribution is 0.206. The Morgan fingerprint density at radius 2 is 2.00 bits per heavy atom. The van der Waals surface area contributed by atoms with Crippen molar-refractivity contribution in [2.24, 2.45) is 11.8 Å². The highest BCUT2D eigenvalue weighted by atomic mass is 35.5. The van der Waals surface area contributed by atoms with E-state index >= 15 is 0 Å². The average Bonchev–Trinajstić information content (AvgIpc) is 2.36. The van der Waals surface area contributed by atoms with Gasteiger partial charge in [0.15, 0.2) is 0 Å². The fraction of sp³-hybridized carbons (Fsp3) is 0.600. The summed E-state index contributed by atoms with van der Waals surface area (Å²) in [5, 5.41) is 4.97. The molecule has 18 heavy (non-hydrogen) atoms. The molecule has 1 saturated carbocycles. The van der Waals surface area contributed by atoms with Crippen LogP contribution >= 0.6 is 23.2 Å². The molecule has 1 N–H and O–H groups in total. The van der Waals surface area contributed by atoms with E-state index in [1.165, 1.54) is 19.3 Å². The molecule has 0 radical (unpaired) electrons. The van der Waals surface area contributed by atoms with Gasteiger partial charge in [0.05, 0.1) is 10.0 Å². The first-order chi connectivity index (χ1) is 8.59. The van der Waals surface area contributed by atoms with E-state index in [0.29, 0.717) is 16.1 Å². The van der Waals surface area contributed by atoms with Crippen LogP contribution in [0.25, 0.3) is 0 Å². The van der Waals surface area contributed by atoms with E-state index in [1.54, 1.807) is 0 Å². The first-order valence-electron chi connectivity index (χ1n) is 6.76. The third-order valence-corrected chi connectivity index (χ3v) is 5.15.